The van der Waals surface area contributed by atoms with Crippen molar-refractivity contribution in [3.8, 4) is 0 Å². The third-order valence-electron chi connectivity index (χ3n) is 3.97. The molecule has 1 saturated heterocycles. The Hall–Kier alpha value is -0.920. The lowest BCUT2D eigenvalue weighted by atomic mass is 10.00. The van der Waals surface area contributed by atoms with E-state index in [1.807, 2.05) is 0 Å². The highest BCUT2D eigenvalue weighted by Crippen LogP contribution is 2.40. The van der Waals surface area contributed by atoms with Crippen LogP contribution in [-0.4, -0.2) is 34.3 Å². The number of nitrogens with two attached hydrogens (primary N) is 1. The van der Waals surface area contributed by atoms with Crippen molar-refractivity contribution in [1.29, 1.82) is 0 Å². The van der Waals surface area contributed by atoms with Gasteiger partial charge in [0.15, 0.2) is 0 Å². The lowest BCUT2D eigenvalue weighted by Gasteiger charge is -2.20. The molecule has 2 fully saturated rings. The van der Waals surface area contributed by atoms with E-state index in [4.69, 9.17) is 5.84 Å². The first-order valence-corrected chi connectivity index (χ1v) is 6.90. The summed E-state index contributed by atoms with van der Waals surface area (Å²) in [5.41, 5.74) is 2.46. The Balaban J connectivity index is 1.84. The van der Waals surface area contributed by atoms with E-state index in [2.05, 4.69) is 36.2 Å². The summed E-state index contributed by atoms with van der Waals surface area (Å²) < 4.78 is 0.857. The summed E-state index contributed by atoms with van der Waals surface area (Å²) in [5, 5.41) is 9.93. The van der Waals surface area contributed by atoms with Gasteiger partial charge in [-0.3, -0.25) is 5.43 Å². The lowest BCUT2D eigenvalue weighted by molar-refractivity contribution is 0.133. The minimum Gasteiger partial charge on any atom is -0.393 e. The molecular formula is C11H16BrN5O. The molecule has 98 valence electrons. The second-order valence-corrected chi connectivity index (χ2v) is 5.84. The number of nitrogens with one attached hydrogen (secondary N) is 1. The Morgan fingerprint density at radius 1 is 1.44 bits per heavy atom. The smallest absolute Gasteiger partial charge is 0.239 e. The molecule has 1 aliphatic carbocycles. The molecule has 0 radical (unpaired) electrons. The van der Waals surface area contributed by atoms with E-state index in [1.165, 1.54) is 0 Å². The van der Waals surface area contributed by atoms with E-state index in [-0.39, 0.29) is 6.10 Å². The number of hydrogen-bond donors (Lipinski definition) is 3. The zero-order chi connectivity index (χ0) is 12.7. The number of halogens is 1. The number of aliphatic hydroxyl groups excluding tert-OH is 1. The maximum absolute atomic E-state index is 9.93. The zero-order valence-corrected chi connectivity index (χ0v) is 11.5. The molecule has 3 unspecified atom stereocenters. The van der Waals surface area contributed by atoms with Crippen LogP contribution in [0.5, 0.6) is 0 Å². The summed E-state index contributed by atoms with van der Waals surface area (Å²) in [6, 6.07) is 0. The van der Waals surface area contributed by atoms with Gasteiger partial charge in [-0.1, -0.05) is 0 Å². The van der Waals surface area contributed by atoms with Gasteiger partial charge in [0.05, 0.1) is 10.6 Å². The molecule has 1 aromatic heterocycles. The first-order valence-electron chi connectivity index (χ1n) is 6.11. The molecule has 1 aliphatic heterocycles. The van der Waals surface area contributed by atoms with Crippen molar-refractivity contribution in [3.63, 3.8) is 0 Å². The van der Waals surface area contributed by atoms with Crippen LogP contribution in [0.1, 0.15) is 12.8 Å². The fourth-order valence-electron chi connectivity index (χ4n) is 3.06. The van der Waals surface area contributed by atoms with E-state index >= 15 is 0 Å². The third kappa shape index (κ3) is 1.96. The third-order valence-corrected chi connectivity index (χ3v) is 4.53. The second-order valence-electron chi connectivity index (χ2n) is 4.98. The van der Waals surface area contributed by atoms with E-state index in [0.717, 1.165) is 36.2 Å². The van der Waals surface area contributed by atoms with Crippen LogP contribution in [-0.2, 0) is 0 Å². The quantitative estimate of drug-likeness (QED) is 0.551. The summed E-state index contributed by atoms with van der Waals surface area (Å²) >= 11 is 3.47. The van der Waals surface area contributed by atoms with Crippen LogP contribution >= 0.6 is 15.9 Å². The number of hydrogen-bond acceptors (Lipinski definition) is 6. The lowest BCUT2D eigenvalue weighted by Crippen LogP contribution is -2.26. The SMILES string of the molecule is NNc1ncc(Br)c(N2CC3CCC(O)C3C2)n1. The Morgan fingerprint density at radius 2 is 2.28 bits per heavy atom. The molecule has 6 nitrogen and oxygen atoms in total. The highest BCUT2D eigenvalue weighted by Gasteiger charge is 2.42. The Labute approximate surface area is 114 Å². The topological polar surface area (TPSA) is 87.3 Å². The van der Waals surface area contributed by atoms with Crippen molar-refractivity contribution in [2.75, 3.05) is 23.4 Å². The summed E-state index contributed by atoms with van der Waals surface area (Å²) in [4.78, 5) is 10.6. The van der Waals surface area contributed by atoms with Gasteiger partial charge in [0.25, 0.3) is 0 Å². The number of rotatable bonds is 2. The minimum absolute atomic E-state index is 0.160. The summed E-state index contributed by atoms with van der Waals surface area (Å²) in [6.45, 7) is 1.80. The van der Waals surface area contributed by atoms with Gasteiger partial charge in [0.2, 0.25) is 5.95 Å². The summed E-state index contributed by atoms with van der Waals surface area (Å²) in [5.74, 6) is 7.54. The largest absolute Gasteiger partial charge is 0.393 e. The van der Waals surface area contributed by atoms with Gasteiger partial charge in [0.1, 0.15) is 5.82 Å². The first-order chi connectivity index (χ1) is 8.69. The predicted octanol–water partition coefficient (Wildman–Crippen LogP) is 0.732. The molecule has 0 aromatic carbocycles. The Bertz CT molecular complexity index is 457. The highest BCUT2D eigenvalue weighted by molar-refractivity contribution is 9.10. The fraction of sp³-hybridized carbons (Fsp3) is 0.636. The Kier molecular flexibility index (Phi) is 3.13. The zero-order valence-electron chi connectivity index (χ0n) is 9.88. The number of nitrogen functional groups attached to an aromatic ring is 1. The molecule has 3 rings (SSSR count). The normalized spacial score (nSPS) is 30.6. The van der Waals surface area contributed by atoms with Crippen LogP contribution < -0.4 is 16.2 Å². The highest BCUT2D eigenvalue weighted by atomic mass is 79.9. The molecule has 18 heavy (non-hydrogen) atoms. The van der Waals surface area contributed by atoms with Crippen LogP contribution in [0, 0.1) is 11.8 Å². The number of nitrogens with zero attached hydrogens (tertiary/aromatic N) is 3. The molecule has 1 aromatic rings. The molecule has 0 amide bonds. The molecule has 4 N–H and O–H groups in total. The number of anilines is 2. The molecule has 2 aliphatic rings. The van der Waals surface area contributed by atoms with E-state index in [9.17, 15) is 5.11 Å². The molecule has 1 saturated carbocycles. The average molecular weight is 314 g/mol. The molecule has 2 heterocycles. The molecular weight excluding hydrogens is 298 g/mol. The molecule has 3 atom stereocenters. The molecule has 0 bridgehead atoms. The van der Waals surface area contributed by atoms with E-state index in [1.54, 1.807) is 6.20 Å². The van der Waals surface area contributed by atoms with Gasteiger partial charge in [0, 0.05) is 25.2 Å². The van der Waals surface area contributed by atoms with Gasteiger partial charge in [-0.05, 0) is 34.7 Å². The van der Waals surface area contributed by atoms with Crippen LogP contribution in [0.2, 0.25) is 0 Å². The summed E-state index contributed by atoms with van der Waals surface area (Å²) in [6.07, 6.45) is 3.58. The first kappa shape index (κ1) is 12.1. The van der Waals surface area contributed by atoms with Gasteiger partial charge >= 0.3 is 0 Å². The summed E-state index contributed by atoms with van der Waals surface area (Å²) in [7, 11) is 0. The maximum Gasteiger partial charge on any atom is 0.239 e. The Morgan fingerprint density at radius 3 is 3.00 bits per heavy atom. The molecule has 0 spiro atoms. The van der Waals surface area contributed by atoms with Crippen molar-refractivity contribution in [2.24, 2.45) is 17.7 Å². The predicted molar refractivity (Wildman–Crippen MR) is 72.0 cm³/mol. The van der Waals surface area contributed by atoms with Crippen LogP contribution in [0.25, 0.3) is 0 Å². The number of hydrazine groups is 1. The number of aliphatic hydroxyl groups is 1. The average Bonchev–Trinajstić information content (AvgIpc) is 2.93. The van der Waals surface area contributed by atoms with Crippen molar-refractivity contribution in [2.45, 2.75) is 18.9 Å². The van der Waals surface area contributed by atoms with Gasteiger partial charge < -0.3 is 10.0 Å². The van der Waals surface area contributed by atoms with Crippen molar-refractivity contribution in [1.82, 2.24) is 9.97 Å². The molecule has 7 heteroatoms. The van der Waals surface area contributed by atoms with Gasteiger partial charge in [-0.2, -0.15) is 4.98 Å². The number of fused-ring (bicyclic) bond motifs is 1. The monoisotopic (exact) mass is 313 g/mol. The van der Waals surface area contributed by atoms with Crippen molar-refractivity contribution in [3.05, 3.63) is 10.7 Å². The van der Waals surface area contributed by atoms with Gasteiger partial charge in [-0.25, -0.2) is 10.8 Å². The van der Waals surface area contributed by atoms with E-state index in [0.29, 0.717) is 17.8 Å². The van der Waals surface area contributed by atoms with Crippen molar-refractivity contribution >= 4 is 27.7 Å². The van der Waals surface area contributed by atoms with Gasteiger partial charge in [-0.15, -0.1) is 0 Å². The maximum atomic E-state index is 9.93. The standard InChI is InChI=1S/C11H16BrN5O/c12-8-3-14-11(16-13)15-10(8)17-4-6-1-2-9(18)7(6)5-17/h3,6-7,9,18H,1-2,4-5,13H2,(H,14,15,16). The number of aromatic nitrogens is 2. The van der Waals surface area contributed by atoms with Crippen LogP contribution in [0.3, 0.4) is 0 Å². The van der Waals surface area contributed by atoms with E-state index < -0.39 is 0 Å². The minimum atomic E-state index is -0.160. The van der Waals surface area contributed by atoms with Crippen LogP contribution in [0.15, 0.2) is 10.7 Å². The fourth-order valence-corrected chi connectivity index (χ4v) is 3.50. The van der Waals surface area contributed by atoms with Crippen molar-refractivity contribution < 1.29 is 5.11 Å². The second kappa shape index (κ2) is 4.64. The van der Waals surface area contributed by atoms with Crippen LogP contribution in [0.4, 0.5) is 11.8 Å².